The summed E-state index contributed by atoms with van der Waals surface area (Å²) in [6.07, 6.45) is 6.15. The Morgan fingerprint density at radius 1 is 1.14 bits per heavy atom. The van der Waals surface area contributed by atoms with Gasteiger partial charge in [0.15, 0.2) is 0 Å². The van der Waals surface area contributed by atoms with E-state index < -0.39 is 5.97 Å². The molecule has 3 atom stereocenters. The van der Waals surface area contributed by atoms with Crippen LogP contribution in [0.4, 0.5) is 4.39 Å². The summed E-state index contributed by atoms with van der Waals surface area (Å²) in [4.78, 5) is 11.5. The van der Waals surface area contributed by atoms with Crippen molar-refractivity contribution in [2.45, 2.75) is 44.4 Å². The number of hydrogen-bond donors (Lipinski definition) is 1. The number of aliphatic carboxylic acids is 1. The molecule has 0 aliphatic heterocycles. The average molecular weight is 288 g/mol. The molecule has 4 aliphatic rings. The molecule has 1 N–H and O–H groups in total. The summed E-state index contributed by atoms with van der Waals surface area (Å²) in [6, 6.07) is 6.81. The summed E-state index contributed by atoms with van der Waals surface area (Å²) < 4.78 is 13.2. The Morgan fingerprint density at radius 2 is 1.76 bits per heavy atom. The van der Waals surface area contributed by atoms with Crippen LogP contribution in [0, 0.1) is 29.0 Å². The summed E-state index contributed by atoms with van der Waals surface area (Å²) >= 11 is 0. The first-order valence-corrected chi connectivity index (χ1v) is 8.03. The maximum absolute atomic E-state index is 13.2. The molecule has 4 saturated carbocycles. The van der Waals surface area contributed by atoms with E-state index in [1.165, 1.54) is 31.4 Å². The number of carbonyl (C=O) groups is 1. The molecule has 112 valence electrons. The first kappa shape index (κ1) is 13.3. The van der Waals surface area contributed by atoms with Gasteiger partial charge in [0.1, 0.15) is 5.82 Å². The highest BCUT2D eigenvalue weighted by molar-refractivity contribution is 5.68. The highest BCUT2D eigenvalue weighted by atomic mass is 19.1. The molecular formula is C18H21FO2. The molecule has 5 rings (SSSR count). The third kappa shape index (κ3) is 2.09. The molecule has 0 saturated heterocycles. The van der Waals surface area contributed by atoms with Gasteiger partial charge in [0.25, 0.3) is 0 Å². The van der Waals surface area contributed by atoms with Gasteiger partial charge in [0, 0.05) is 0 Å². The Balaban J connectivity index is 1.76. The number of rotatable bonds is 3. The van der Waals surface area contributed by atoms with Crippen LogP contribution in [-0.4, -0.2) is 11.1 Å². The van der Waals surface area contributed by atoms with E-state index >= 15 is 0 Å². The molecule has 2 nitrogen and oxygen atoms in total. The normalized spacial score (nSPS) is 40.4. The van der Waals surface area contributed by atoms with Crippen LogP contribution in [0.1, 0.15) is 50.0 Å². The van der Waals surface area contributed by atoms with Crippen molar-refractivity contribution in [2.24, 2.45) is 23.2 Å². The van der Waals surface area contributed by atoms with Crippen molar-refractivity contribution in [3.8, 4) is 0 Å². The molecule has 3 unspecified atom stereocenters. The summed E-state index contributed by atoms with van der Waals surface area (Å²) in [5, 5.41) is 9.42. The van der Waals surface area contributed by atoms with E-state index in [0.717, 1.165) is 30.2 Å². The molecule has 0 amide bonds. The lowest BCUT2D eigenvalue weighted by Crippen LogP contribution is -2.52. The molecule has 0 radical (unpaired) electrons. The molecule has 4 bridgehead atoms. The van der Waals surface area contributed by atoms with Gasteiger partial charge in [-0.15, -0.1) is 0 Å². The third-order valence-corrected chi connectivity index (χ3v) is 6.19. The zero-order chi connectivity index (χ0) is 14.6. The second-order valence-electron chi connectivity index (χ2n) is 7.57. The van der Waals surface area contributed by atoms with Gasteiger partial charge in [-0.2, -0.15) is 0 Å². The van der Waals surface area contributed by atoms with Gasteiger partial charge >= 0.3 is 5.97 Å². The van der Waals surface area contributed by atoms with Crippen molar-refractivity contribution in [2.75, 3.05) is 0 Å². The fraction of sp³-hybridized carbons (Fsp3) is 0.611. The van der Waals surface area contributed by atoms with Crippen LogP contribution in [0.25, 0.3) is 0 Å². The topological polar surface area (TPSA) is 37.3 Å². The molecule has 0 aromatic heterocycles. The van der Waals surface area contributed by atoms with Crippen molar-refractivity contribution in [3.63, 3.8) is 0 Å². The van der Waals surface area contributed by atoms with Gasteiger partial charge in [-0.05, 0) is 78.9 Å². The molecule has 1 aromatic carbocycles. The summed E-state index contributed by atoms with van der Waals surface area (Å²) in [6.45, 7) is 0. The van der Waals surface area contributed by atoms with E-state index in [0.29, 0.717) is 11.8 Å². The third-order valence-electron chi connectivity index (χ3n) is 6.19. The van der Waals surface area contributed by atoms with Crippen LogP contribution < -0.4 is 0 Å². The van der Waals surface area contributed by atoms with Gasteiger partial charge in [-0.25, -0.2) is 4.39 Å². The number of carboxylic acids is 1. The van der Waals surface area contributed by atoms with E-state index in [4.69, 9.17) is 0 Å². The van der Waals surface area contributed by atoms with Crippen LogP contribution in [0.5, 0.6) is 0 Å². The Bertz CT molecular complexity index is 551. The second-order valence-corrected chi connectivity index (χ2v) is 7.57. The molecule has 3 heteroatoms. The fourth-order valence-corrected chi connectivity index (χ4v) is 6.06. The molecule has 4 aliphatic carbocycles. The van der Waals surface area contributed by atoms with E-state index in [1.807, 2.05) is 12.1 Å². The Kier molecular flexibility index (Phi) is 2.88. The summed E-state index contributed by atoms with van der Waals surface area (Å²) in [5.41, 5.74) is 1.07. The van der Waals surface area contributed by atoms with E-state index in [-0.39, 0.29) is 17.7 Å². The lowest BCUT2D eigenvalue weighted by Gasteiger charge is -2.61. The van der Waals surface area contributed by atoms with Crippen LogP contribution >= 0.6 is 0 Å². The quantitative estimate of drug-likeness (QED) is 0.904. The van der Waals surface area contributed by atoms with Gasteiger partial charge in [-0.3, -0.25) is 4.79 Å². The maximum Gasteiger partial charge on any atom is 0.303 e. The molecule has 21 heavy (non-hydrogen) atoms. The highest BCUT2D eigenvalue weighted by Crippen LogP contribution is 2.67. The molecule has 0 heterocycles. The lowest BCUT2D eigenvalue weighted by atomic mass is 9.43. The maximum atomic E-state index is 13.2. The van der Waals surface area contributed by atoms with E-state index in [9.17, 15) is 14.3 Å². The zero-order valence-electron chi connectivity index (χ0n) is 12.1. The largest absolute Gasteiger partial charge is 0.481 e. The number of hydrogen-bond acceptors (Lipinski definition) is 1. The lowest BCUT2D eigenvalue weighted by molar-refractivity contribution is -0.147. The predicted octanol–water partition coefficient (Wildman–Crippen LogP) is 4.21. The first-order chi connectivity index (χ1) is 10.1. The van der Waals surface area contributed by atoms with Crippen molar-refractivity contribution >= 4 is 5.97 Å². The van der Waals surface area contributed by atoms with Crippen molar-refractivity contribution in [3.05, 3.63) is 35.6 Å². The second kappa shape index (κ2) is 4.56. The minimum Gasteiger partial charge on any atom is -0.481 e. The minimum atomic E-state index is -0.677. The standard InChI is InChI=1S/C18H21FO2/c19-15-3-1-13(2-4-15)17-14-6-11-5-12(7-14)9-18(17,8-11)10-16(20)21/h1-4,11-12,14,17H,5-10H2,(H,20,21). The van der Waals surface area contributed by atoms with Gasteiger partial charge in [-0.1, -0.05) is 12.1 Å². The van der Waals surface area contributed by atoms with Crippen molar-refractivity contribution in [1.29, 1.82) is 0 Å². The summed E-state index contributed by atoms with van der Waals surface area (Å²) in [7, 11) is 0. The summed E-state index contributed by atoms with van der Waals surface area (Å²) in [5.74, 6) is 1.46. The average Bonchev–Trinajstić information content (AvgIpc) is 2.38. The fourth-order valence-electron chi connectivity index (χ4n) is 6.06. The smallest absolute Gasteiger partial charge is 0.303 e. The number of halogens is 1. The van der Waals surface area contributed by atoms with E-state index in [1.54, 1.807) is 0 Å². The zero-order valence-corrected chi connectivity index (χ0v) is 12.1. The van der Waals surface area contributed by atoms with Crippen molar-refractivity contribution in [1.82, 2.24) is 0 Å². The van der Waals surface area contributed by atoms with Gasteiger partial charge in [0.2, 0.25) is 0 Å². The van der Waals surface area contributed by atoms with Crippen molar-refractivity contribution < 1.29 is 14.3 Å². The molecular weight excluding hydrogens is 267 g/mol. The Labute approximate surface area is 124 Å². The van der Waals surface area contributed by atoms with Crippen LogP contribution in [0.15, 0.2) is 24.3 Å². The minimum absolute atomic E-state index is 0.0849. The van der Waals surface area contributed by atoms with Crippen LogP contribution in [-0.2, 0) is 4.79 Å². The first-order valence-electron chi connectivity index (χ1n) is 8.03. The number of carboxylic acid groups (broad SMARTS) is 1. The Hall–Kier alpha value is -1.38. The van der Waals surface area contributed by atoms with Crippen LogP contribution in [0.3, 0.4) is 0 Å². The molecule has 0 spiro atoms. The van der Waals surface area contributed by atoms with Gasteiger partial charge < -0.3 is 5.11 Å². The van der Waals surface area contributed by atoms with Crippen LogP contribution in [0.2, 0.25) is 0 Å². The molecule has 4 fully saturated rings. The monoisotopic (exact) mass is 288 g/mol. The Morgan fingerprint density at radius 3 is 2.33 bits per heavy atom. The molecule has 1 aromatic rings. The SMILES string of the molecule is O=C(O)CC12CC3CC(CC(C3)C1c1ccc(F)cc1)C2. The van der Waals surface area contributed by atoms with Gasteiger partial charge in [0.05, 0.1) is 6.42 Å². The number of benzene rings is 1. The van der Waals surface area contributed by atoms with E-state index in [2.05, 4.69) is 0 Å². The highest BCUT2D eigenvalue weighted by Gasteiger charge is 2.57. The predicted molar refractivity (Wildman–Crippen MR) is 77.4 cm³/mol.